The molecule has 23 heavy (non-hydrogen) atoms. The van der Waals surface area contributed by atoms with Crippen LogP contribution in [-0.4, -0.2) is 25.2 Å². The van der Waals surface area contributed by atoms with E-state index in [4.69, 9.17) is 9.47 Å². The van der Waals surface area contributed by atoms with Crippen LogP contribution >= 0.6 is 0 Å². The number of carbonyl (C=O) groups excluding carboxylic acids is 1. The molecule has 4 heteroatoms. The first-order valence-corrected chi connectivity index (χ1v) is 8.46. The van der Waals surface area contributed by atoms with Gasteiger partial charge in [-0.2, -0.15) is 0 Å². The molecule has 0 spiro atoms. The zero-order chi connectivity index (χ0) is 16.5. The van der Waals surface area contributed by atoms with Gasteiger partial charge in [-0.05, 0) is 38.7 Å². The second-order valence-corrected chi connectivity index (χ2v) is 5.89. The number of ether oxygens (including phenoxy) is 2. The standard InChI is InChI=1S/C19H27NO3/c1-3-13-23-18-8-6-5-7-16(18)14-20-17-11-9-15(10-12-17)19(21)22-4-2/h3,5-8,15,17,20H,1,4,9-14H2,2H3. The molecule has 0 aliphatic heterocycles. The number of carbonyl (C=O) groups is 1. The number of nitrogens with one attached hydrogen (secondary N) is 1. The van der Waals surface area contributed by atoms with Gasteiger partial charge in [-0.25, -0.2) is 0 Å². The van der Waals surface area contributed by atoms with Crippen molar-refractivity contribution in [3.8, 4) is 5.75 Å². The summed E-state index contributed by atoms with van der Waals surface area (Å²) in [5.41, 5.74) is 1.15. The Hall–Kier alpha value is -1.81. The number of para-hydroxylation sites is 1. The number of esters is 1. The van der Waals surface area contributed by atoms with Crippen LogP contribution in [0.1, 0.15) is 38.2 Å². The molecule has 1 saturated carbocycles. The van der Waals surface area contributed by atoms with E-state index in [9.17, 15) is 4.79 Å². The Morgan fingerprint density at radius 1 is 1.30 bits per heavy atom. The molecular formula is C19H27NO3. The summed E-state index contributed by atoms with van der Waals surface area (Å²) >= 11 is 0. The van der Waals surface area contributed by atoms with Crippen LogP contribution in [0.3, 0.4) is 0 Å². The van der Waals surface area contributed by atoms with E-state index in [1.54, 1.807) is 6.08 Å². The Balaban J connectivity index is 1.79. The molecule has 0 heterocycles. The molecule has 0 amide bonds. The lowest BCUT2D eigenvalue weighted by atomic mass is 9.86. The van der Waals surface area contributed by atoms with Gasteiger partial charge in [0.15, 0.2) is 0 Å². The van der Waals surface area contributed by atoms with Crippen LogP contribution in [-0.2, 0) is 16.1 Å². The van der Waals surface area contributed by atoms with Crippen molar-refractivity contribution in [2.45, 2.75) is 45.2 Å². The molecule has 1 aromatic rings. The summed E-state index contributed by atoms with van der Waals surface area (Å²) in [6.07, 6.45) is 5.59. The molecule has 1 N–H and O–H groups in total. The first-order valence-electron chi connectivity index (χ1n) is 8.46. The maximum absolute atomic E-state index is 11.8. The van der Waals surface area contributed by atoms with E-state index in [-0.39, 0.29) is 11.9 Å². The third-order valence-electron chi connectivity index (χ3n) is 4.26. The van der Waals surface area contributed by atoms with Crippen molar-refractivity contribution >= 4 is 5.97 Å². The number of hydrogen-bond acceptors (Lipinski definition) is 4. The van der Waals surface area contributed by atoms with Crippen LogP contribution in [0.15, 0.2) is 36.9 Å². The lowest BCUT2D eigenvalue weighted by molar-refractivity contribution is -0.149. The van der Waals surface area contributed by atoms with E-state index in [1.807, 2.05) is 25.1 Å². The van der Waals surface area contributed by atoms with Crippen molar-refractivity contribution in [2.24, 2.45) is 5.92 Å². The molecule has 4 nitrogen and oxygen atoms in total. The summed E-state index contributed by atoms with van der Waals surface area (Å²) in [4.78, 5) is 11.8. The quantitative estimate of drug-likeness (QED) is 0.589. The van der Waals surface area contributed by atoms with E-state index >= 15 is 0 Å². The SMILES string of the molecule is C=CCOc1ccccc1CNC1CCC(C(=O)OCC)CC1. The molecule has 0 atom stereocenters. The normalized spacial score (nSPS) is 20.7. The van der Waals surface area contributed by atoms with Gasteiger partial charge in [0.05, 0.1) is 12.5 Å². The minimum atomic E-state index is -0.0332. The van der Waals surface area contributed by atoms with Crippen molar-refractivity contribution in [1.82, 2.24) is 5.32 Å². The molecule has 1 fully saturated rings. The van der Waals surface area contributed by atoms with Crippen LogP contribution < -0.4 is 10.1 Å². The highest BCUT2D eigenvalue weighted by Crippen LogP contribution is 2.26. The molecule has 0 saturated heterocycles. The van der Waals surface area contributed by atoms with Crippen LogP contribution in [0, 0.1) is 5.92 Å². The molecule has 1 aliphatic rings. The Bertz CT molecular complexity index is 507. The van der Waals surface area contributed by atoms with Crippen LogP contribution in [0.25, 0.3) is 0 Å². The van der Waals surface area contributed by atoms with Crippen molar-refractivity contribution in [3.63, 3.8) is 0 Å². The average molecular weight is 317 g/mol. The Labute approximate surface area is 138 Å². The molecule has 0 unspecified atom stereocenters. The second-order valence-electron chi connectivity index (χ2n) is 5.89. The summed E-state index contributed by atoms with van der Waals surface area (Å²) in [6.45, 7) is 7.31. The van der Waals surface area contributed by atoms with Crippen LogP contribution in [0.4, 0.5) is 0 Å². The van der Waals surface area contributed by atoms with Gasteiger partial charge >= 0.3 is 5.97 Å². The zero-order valence-electron chi connectivity index (χ0n) is 13.9. The van der Waals surface area contributed by atoms with E-state index in [0.717, 1.165) is 43.5 Å². The van der Waals surface area contributed by atoms with Crippen molar-refractivity contribution in [3.05, 3.63) is 42.5 Å². The fourth-order valence-electron chi connectivity index (χ4n) is 2.99. The van der Waals surface area contributed by atoms with Gasteiger partial charge in [0.1, 0.15) is 12.4 Å². The summed E-state index contributed by atoms with van der Waals surface area (Å²) < 4.78 is 10.8. The lowest BCUT2D eigenvalue weighted by Gasteiger charge is -2.28. The van der Waals surface area contributed by atoms with Gasteiger partial charge in [-0.3, -0.25) is 4.79 Å². The molecule has 126 valence electrons. The minimum Gasteiger partial charge on any atom is -0.489 e. The van der Waals surface area contributed by atoms with E-state index in [1.165, 1.54) is 0 Å². The highest BCUT2D eigenvalue weighted by Gasteiger charge is 2.26. The first kappa shape index (κ1) is 17.5. The fraction of sp³-hybridized carbons (Fsp3) is 0.526. The van der Waals surface area contributed by atoms with Crippen molar-refractivity contribution in [2.75, 3.05) is 13.2 Å². The number of hydrogen-bond donors (Lipinski definition) is 1. The Kier molecular flexibility index (Phi) is 7.14. The predicted molar refractivity (Wildman–Crippen MR) is 91.4 cm³/mol. The zero-order valence-corrected chi connectivity index (χ0v) is 13.9. The van der Waals surface area contributed by atoms with Crippen molar-refractivity contribution < 1.29 is 14.3 Å². The average Bonchev–Trinajstić information content (AvgIpc) is 2.59. The van der Waals surface area contributed by atoms with E-state index < -0.39 is 0 Å². The van der Waals surface area contributed by atoms with Gasteiger partial charge in [0.2, 0.25) is 0 Å². The molecule has 1 aromatic carbocycles. The molecule has 1 aliphatic carbocycles. The van der Waals surface area contributed by atoms with Gasteiger partial charge in [0, 0.05) is 18.2 Å². The van der Waals surface area contributed by atoms with Crippen LogP contribution in [0.5, 0.6) is 5.75 Å². The lowest BCUT2D eigenvalue weighted by Crippen LogP contribution is -2.35. The third-order valence-corrected chi connectivity index (χ3v) is 4.26. The molecule has 0 radical (unpaired) electrons. The largest absolute Gasteiger partial charge is 0.489 e. The Morgan fingerprint density at radius 2 is 2.04 bits per heavy atom. The predicted octanol–water partition coefficient (Wildman–Crippen LogP) is 3.46. The monoisotopic (exact) mass is 317 g/mol. The third kappa shape index (κ3) is 5.39. The Morgan fingerprint density at radius 3 is 2.74 bits per heavy atom. The van der Waals surface area contributed by atoms with Gasteiger partial charge in [-0.15, -0.1) is 0 Å². The van der Waals surface area contributed by atoms with Crippen LogP contribution in [0.2, 0.25) is 0 Å². The number of benzene rings is 1. The van der Waals surface area contributed by atoms with Gasteiger partial charge in [0.25, 0.3) is 0 Å². The summed E-state index contributed by atoms with van der Waals surface area (Å²) in [6, 6.07) is 8.52. The fourth-order valence-corrected chi connectivity index (χ4v) is 2.99. The first-order chi connectivity index (χ1) is 11.2. The molecule has 0 bridgehead atoms. The van der Waals surface area contributed by atoms with Crippen molar-refractivity contribution in [1.29, 1.82) is 0 Å². The molecular weight excluding hydrogens is 290 g/mol. The topological polar surface area (TPSA) is 47.6 Å². The summed E-state index contributed by atoms with van der Waals surface area (Å²) in [5, 5.41) is 3.59. The van der Waals surface area contributed by atoms with Gasteiger partial charge < -0.3 is 14.8 Å². The molecule has 0 aromatic heterocycles. The summed E-state index contributed by atoms with van der Waals surface area (Å²) in [7, 11) is 0. The summed E-state index contributed by atoms with van der Waals surface area (Å²) in [5.74, 6) is 0.949. The van der Waals surface area contributed by atoms with E-state index in [0.29, 0.717) is 19.3 Å². The smallest absolute Gasteiger partial charge is 0.308 e. The molecule has 2 rings (SSSR count). The second kappa shape index (κ2) is 9.36. The maximum Gasteiger partial charge on any atom is 0.308 e. The minimum absolute atomic E-state index is 0.0332. The van der Waals surface area contributed by atoms with Gasteiger partial charge in [-0.1, -0.05) is 30.9 Å². The maximum atomic E-state index is 11.8. The highest BCUT2D eigenvalue weighted by atomic mass is 16.5. The number of rotatable bonds is 8. The highest BCUT2D eigenvalue weighted by molar-refractivity contribution is 5.72. The van der Waals surface area contributed by atoms with E-state index in [2.05, 4.69) is 18.0 Å².